The summed E-state index contributed by atoms with van der Waals surface area (Å²) in [7, 11) is 0. The lowest BCUT2D eigenvalue weighted by atomic mass is 10.0. The lowest BCUT2D eigenvalue weighted by Crippen LogP contribution is -2.23. The second-order valence-corrected chi connectivity index (χ2v) is 15.3. The Morgan fingerprint density at radius 3 is 0.875 bits per heavy atom. The fourth-order valence-electron chi connectivity index (χ4n) is 7.41. The van der Waals surface area contributed by atoms with Gasteiger partial charge in [0.05, 0.1) is 11.4 Å². The number of benzene rings is 4. The minimum atomic E-state index is 0.335. The van der Waals surface area contributed by atoms with Crippen LogP contribution in [0.3, 0.4) is 0 Å². The average molecular weight is 753 g/mol. The van der Waals surface area contributed by atoms with Crippen molar-refractivity contribution in [3.05, 3.63) is 175 Å². The number of aromatic nitrogens is 2. The summed E-state index contributed by atoms with van der Waals surface area (Å²) in [6, 6.07) is 27.8. The summed E-state index contributed by atoms with van der Waals surface area (Å²) < 4.78 is 0. The van der Waals surface area contributed by atoms with Gasteiger partial charge in [0.1, 0.15) is 23.0 Å². The summed E-state index contributed by atoms with van der Waals surface area (Å²) in [5.74, 6) is 1.34. The van der Waals surface area contributed by atoms with Crippen molar-refractivity contribution in [3.8, 4) is 23.0 Å². The van der Waals surface area contributed by atoms with Crippen molar-refractivity contribution in [2.24, 2.45) is 0 Å². The fraction of sp³-hybridized carbons (Fsp3) is 0.292. The molecule has 0 radical (unpaired) electrons. The van der Waals surface area contributed by atoms with E-state index in [1.807, 2.05) is 140 Å². The Labute approximate surface area is 332 Å². The normalized spacial score (nSPS) is 11.2. The van der Waals surface area contributed by atoms with Gasteiger partial charge < -0.3 is 20.4 Å². The molecule has 4 N–H and O–H groups in total. The van der Waals surface area contributed by atoms with Crippen LogP contribution >= 0.6 is 0 Å². The minimum Gasteiger partial charge on any atom is -0.507 e. The van der Waals surface area contributed by atoms with Crippen molar-refractivity contribution in [2.45, 2.75) is 94.7 Å². The third-order valence-electron chi connectivity index (χ3n) is 9.89. The number of aromatic hydroxyl groups is 4. The Bertz CT molecular complexity index is 1980. The Balaban J connectivity index is 0.000000214. The van der Waals surface area contributed by atoms with Crippen molar-refractivity contribution in [1.82, 2.24) is 19.8 Å². The van der Waals surface area contributed by atoms with Gasteiger partial charge in [0, 0.05) is 73.9 Å². The minimum absolute atomic E-state index is 0.335. The van der Waals surface area contributed by atoms with Gasteiger partial charge >= 0.3 is 0 Å². The van der Waals surface area contributed by atoms with Crippen molar-refractivity contribution >= 4 is 0 Å². The Kier molecular flexibility index (Phi) is 13.9. The molecule has 0 spiro atoms. The standard InChI is InChI=1S/2C24H28N2O2/c2*1-16-9-18(3)23(27)20(11-16)13-26(15-22-7-5-6-8-25-22)14-21-12-17(2)10-19(4)24(21)28/h2*5-12,27-28H,13-15H2,1-4H3. The van der Waals surface area contributed by atoms with Crippen LogP contribution < -0.4 is 0 Å². The maximum Gasteiger partial charge on any atom is 0.122 e. The molecule has 0 unspecified atom stereocenters. The molecule has 6 aromatic rings. The summed E-state index contributed by atoms with van der Waals surface area (Å²) in [5, 5.41) is 42.2. The third kappa shape index (κ3) is 11.2. The monoisotopic (exact) mass is 752 g/mol. The molecule has 8 heteroatoms. The van der Waals surface area contributed by atoms with Crippen LogP contribution in [0.25, 0.3) is 0 Å². The zero-order valence-electron chi connectivity index (χ0n) is 34.1. The molecule has 0 amide bonds. The van der Waals surface area contributed by atoms with E-state index in [2.05, 4.69) is 19.8 Å². The van der Waals surface area contributed by atoms with Gasteiger partial charge in [0.2, 0.25) is 0 Å². The quantitative estimate of drug-likeness (QED) is 0.0978. The van der Waals surface area contributed by atoms with Gasteiger partial charge in [0.15, 0.2) is 0 Å². The molecule has 2 aromatic heterocycles. The highest BCUT2D eigenvalue weighted by Gasteiger charge is 2.18. The Morgan fingerprint density at radius 1 is 0.375 bits per heavy atom. The summed E-state index contributed by atoms with van der Waals surface area (Å²) in [5.41, 5.74) is 13.5. The SMILES string of the molecule is Cc1cc(C)c(O)c(CN(Cc2ccccn2)Cc2cc(C)cc(C)c2O)c1.Cc1cc(C)c(O)c(CN(Cc2ccccn2)Cc2cc(C)cc(C)c2O)c1. The molecule has 0 bridgehead atoms. The van der Waals surface area contributed by atoms with E-state index < -0.39 is 0 Å². The van der Waals surface area contributed by atoms with E-state index in [-0.39, 0.29) is 0 Å². The molecule has 6 rings (SSSR count). The molecule has 0 aliphatic carbocycles. The predicted molar refractivity (Wildman–Crippen MR) is 225 cm³/mol. The number of phenols is 4. The van der Waals surface area contributed by atoms with E-state index in [1.165, 1.54) is 0 Å². The highest BCUT2D eigenvalue weighted by atomic mass is 16.3. The molecule has 56 heavy (non-hydrogen) atoms. The smallest absolute Gasteiger partial charge is 0.122 e. The number of rotatable bonds is 12. The van der Waals surface area contributed by atoms with Crippen LogP contribution in [0, 0.1) is 55.4 Å². The van der Waals surface area contributed by atoms with E-state index in [0.29, 0.717) is 62.3 Å². The Hall–Kier alpha value is -5.70. The molecule has 292 valence electrons. The summed E-state index contributed by atoms with van der Waals surface area (Å²) >= 11 is 0. The molecule has 0 atom stereocenters. The first-order chi connectivity index (χ1) is 26.7. The zero-order valence-corrected chi connectivity index (χ0v) is 34.1. The highest BCUT2D eigenvalue weighted by molar-refractivity contribution is 5.46. The first-order valence-electron chi connectivity index (χ1n) is 19.1. The number of hydrogen-bond acceptors (Lipinski definition) is 8. The maximum absolute atomic E-state index is 10.6. The van der Waals surface area contributed by atoms with Crippen LogP contribution in [-0.2, 0) is 39.3 Å². The Morgan fingerprint density at radius 2 is 0.643 bits per heavy atom. The molecule has 0 saturated heterocycles. The summed E-state index contributed by atoms with van der Waals surface area (Å²) in [6.07, 6.45) is 3.58. The number of aryl methyl sites for hydroxylation is 8. The number of pyridine rings is 2. The van der Waals surface area contributed by atoms with Crippen molar-refractivity contribution in [2.75, 3.05) is 0 Å². The summed E-state index contributed by atoms with van der Waals surface area (Å²) in [4.78, 5) is 13.3. The zero-order chi connectivity index (χ0) is 40.5. The van der Waals surface area contributed by atoms with Crippen LogP contribution in [0.4, 0.5) is 0 Å². The maximum atomic E-state index is 10.6. The van der Waals surface area contributed by atoms with E-state index in [9.17, 15) is 20.4 Å². The number of hydrogen-bond donors (Lipinski definition) is 4. The van der Waals surface area contributed by atoms with Gasteiger partial charge in [-0.2, -0.15) is 0 Å². The number of phenolic OH excluding ortho intramolecular Hbond substituents is 4. The molecular formula is C48H56N4O4. The van der Waals surface area contributed by atoms with Gasteiger partial charge in [-0.3, -0.25) is 19.8 Å². The molecule has 8 nitrogen and oxygen atoms in total. The van der Waals surface area contributed by atoms with E-state index in [1.54, 1.807) is 12.4 Å². The molecular weight excluding hydrogens is 697 g/mol. The second kappa shape index (κ2) is 18.8. The third-order valence-corrected chi connectivity index (χ3v) is 9.89. The summed E-state index contributed by atoms with van der Waals surface area (Å²) in [6.45, 7) is 19.3. The molecule has 0 aliphatic heterocycles. The highest BCUT2D eigenvalue weighted by Crippen LogP contribution is 2.31. The molecule has 2 heterocycles. The van der Waals surface area contributed by atoms with Gasteiger partial charge in [-0.1, -0.05) is 82.9 Å². The van der Waals surface area contributed by atoms with Crippen LogP contribution in [0.15, 0.2) is 97.3 Å². The van der Waals surface area contributed by atoms with E-state index >= 15 is 0 Å². The topological polar surface area (TPSA) is 113 Å². The van der Waals surface area contributed by atoms with Crippen molar-refractivity contribution in [3.63, 3.8) is 0 Å². The van der Waals surface area contributed by atoms with Crippen molar-refractivity contribution < 1.29 is 20.4 Å². The molecule has 0 aliphatic rings. The van der Waals surface area contributed by atoms with Crippen LogP contribution in [0.1, 0.15) is 78.1 Å². The largest absolute Gasteiger partial charge is 0.507 e. The lowest BCUT2D eigenvalue weighted by Gasteiger charge is -2.24. The van der Waals surface area contributed by atoms with E-state index in [4.69, 9.17) is 0 Å². The van der Waals surface area contributed by atoms with E-state index in [0.717, 1.165) is 78.1 Å². The number of nitrogens with zero attached hydrogens (tertiary/aromatic N) is 4. The first-order valence-corrected chi connectivity index (χ1v) is 19.1. The molecule has 0 fully saturated rings. The predicted octanol–water partition coefficient (Wildman–Crippen LogP) is 9.86. The van der Waals surface area contributed by atoms with Gasteiger partial charge in [-0.25, -0.2) is 0 Å². The first kappa shape index (κ1) is 41.5. The van der Waals surface area contributed by atoms with Gasteiger partial charge in [-0.15, -0.1) is 0 Å². The van der Waals surface area contributed by atoms with Gasteiger partial charge in [0.25, 0.3) is 0 Å². The second-order valence-electron chi connectivity index (χ2n) is 15.3. The fourth-order valence-corrected chi connectivity index (χ4v) is 7.41. The van der Waals surface area contributed by atoms with Crippen molar-refractivity contribution in [1.29, 1.82) is 0 Å². The van der Waals surface area contributed by atoms with Gasteiger partial charge in [-0.05, 0) is 102 Å². The average Bonchev–Trinajstić information content (AvgIpc) is 3.14. The molecule has 0 saturated carbocycles. The van der Waals surface area contributed by atoms with Crippen LogP contribution in [0.2, 0.25) is 0 Å². The van der Waals surface area contributed by atoms with Crippen LogP contribution in [-0.4, -0.2) is 40.2 Å². The lowest BCUT2D eigenvalue weighted by molar-refractivity contribution is 0.238. The molecule has 4 aromatic carbocycles. The van der Waals surface area contributed by atoms with Crippen LogP contribution in [0.5, 0.6) is 23.0 Å².